The fourth-order valence-corrected chi connectivity index (χ4v) is 5.41. The number of unbranched alkanes of at least 4 members (excludes halogenated alkanes) is 2. The summed E-state index contributed by atoms with van der Waals surface area (Å²) in [6, 6.07) is 19.2. The maximum Gasteiger partial charge on any atom is 0.251 e. The van der Waals surface area contributed by atoms with E-state index in [4.69, 9.17) is 23.2 Å². The first kappa shape index (κ1) is 29.1. The lowest BCUT2D eigenvalue weighted by Gasteiger charge is -2.32. The Morgan fingerprint density at radius 1 is 0.872 bits per heavy atom. The van der Waals surface area contributed by atoms with Crippen molar-refractivity contribution in [3.63, 3.8) is 0 Å². The fourth-order valence-electron chi connectivity index (χ4n) is 5.10. The summed E-state index contributed by atoms with van der Waals surface area (Å²) in [5.41, 5.74) is 1.59. The molecular formula is C32H37Cl2N3O2. The van der Waals surface area contributed by atoms with Gasteiger partial charge in [-0.3, -0.25) is 9.59 Å². The van der Waals surface area contributed by atoms with Gasteiger partial charge in [-0.2, -0.15) is 0 Å². The van der Waals surface area contributed by atoms with E-state index in [9.17, 15) is 9.59 Å². The van der Waals surface area contributed by atoms with Crippen molar-refractivity contribution >= 4 is 51.9 Å². The number of carbonyl (C=O) groups is 2. The van der Waals surface area contributed by atoms with Crippen LogP contribution in [0, 0.1) is 5.92 Å². The zero-order valence-electron chi connectivity index (χ0n) is 22.3. The lowest BCUT2D eigenvalue weighted by atomic mass is 9.93. The minimum absolute atomic E-state index is 0.0166. The normalized spacial score (nSPS) is 14.6. The van der Waals surface area contributed by atoms with Crippen LogP contribution >= 0.6 is 23.2 Å². The summed E-state index contributed by atoms with van der Waals surface area (Å²) < 4.78 is 0. The van der Waals surface area contributed by atoms with Crippen molar-refractivity contribution in [3.05, 3.63) is 87.9 Å². The number of halogens is 2. The molecule has 2 N–H and O–H groups in total. The summed E-state index contributed by atoms with van der Waals surface area (Å²) >= 11 is 11.9. The second-order valence-corrected chi connectivity index (χ2v) is 11.0. The van der Waals surface area contributed by atoms with E-state index in [2.05, 4.69) is 15.5 Å². The number of amides is 2. The van der Waals surface area contributed by atoms with Crippen LogP contribution in [0.15, 0.2) is 66.7 Å². The monoisotopic (exact) mass is 565 g/mol. The molecule has 1 aliphatic heterocycles. The van der Waals surface area contributed by atoms with Crippen LogP contribution in [0.2, 0.25) is 10.0 Å². The van der Waals surface area contributed by atoms with Gasteiger partial charge >= 0.3 is 0 Å². The van der Waals surface area contributed by atoms with E-state index in [1.165, 1.54) is 18.9 Å². The van der Waals surface area contributed by atoms with Crippen molar-refractivity contribution in [2.45, 2.75) is 38.5 Å². The highest BCUT2D eigenvalue weighted by atomic mass is 35.5. The molecule has 0 aromatic heterocycles. The van der Waals surface area contributed by atoms with E-state index in [1.807, 2.05) is 48.5 Å². The Labute approximate surface area is 241 Å². The second kappa shape index (κ2) is 15.1. The Morgan fingerprint density at radius 2 is 1.67 bits per heavy atom. The third-order valence-corrected chi connectivity index (χ3v) is 8.14. The van der Waals surface area contributed by atoms with Gasteiger partial charge in [0.05, 0.1) is 10.0 Å². The molecule has 4 rings (SSSR count). The minimum atomic E-state index is -0.101. The summed E-state index contributed by atoms with van der Waals surface area (Å²) in [6.45, 7) is 4.75. The molecule has 1 saturated heterocycles. The van der Waals surface area contributed by atoms with Gasteiger partial charge < -0.3 is 15.5 Å². The zero-order chi connectivity index (χ0) is 27.5. The molecule has 3 aromatic rings. The number of carbonyl (C=O) groups excluding carboxylic acids is 2. The van der Waals surface area contributed by atoms with E-state index in [1.54, 1.807) is 18.2 Å². The van der Waals surface area contributed by atoms with E-state index in [0.29, 0.717) is 22.5 Å². The SMILES string of the molecule is O=C(/C=C/c1ccc(Cl)c(Cl)c1)NCCCCCN1CCC(CCNC(=O)c2cccc3ccccc23)CC1. The third kappa shape index (κ3) is 9.10. The van der Waals surface area contributed by atoms with Crippen LogP contribution in [0.4, 0.5) is 0 Å². The van der Waals surface area contributed by atoms with Crippen LogP contribution in [-0.4, -0.2) is 49.4 Å². The van der Waals surface area contributed by atoms with E-state index >= 15 is 0 Å². The largest absolute Gasteiger partial charge is 0.353 e. The van der Waals surface area contributed by atoms with Gasteiger partial charge in [0.25, 0.3) is 5.91 Å². The number of fused-ring (bicyclic) bond motifs is 1. The van der Waals surface area contributed by atoms with Crippen LogP contribution < -0.4 is 10.6 Å². The number of hydrogen-bond donors (Lipinski definition) is 2. The molecule has 0 radical (unpaired) electrons. The van der Waals surface area contributed by atoms with Crippen LogP contribution in [-0.2, 0) is 4.79 Å². The molecule has 7 heteroatoms. The van der Waals surface area contributed by atoms with Crippen molar-refractivity contribution < 1.29 is 9.59 Å². The molecule has 1 aliphatic rings. The summed E-state index contributed by atoms with van der Waals surface area (Å²) in [6.07, 6.45) is 9.87. The first-order valence-electron chi connectivity index (χ1n) is 13.9. The average molecular weight is 567 g/mol. The summed E-state index contributed by atoms with van der Waals surface area (Å²) in [5.74, 6) is 0.584. The predicted molar refractivity (Wildman–Crippen MR) is 162 cm³/mol. The average Bonchev–Trinajstić information content (AvgIpc) is 2.96. The number of nitrogens with zero attached hydrogens (tertiary/aromatic N) is 1. The molecule has 5 nitrogen and oxygen atoms in total. The topological polar surface area (TPSA) is 61.4 Å². The molecule has 1 heterocycles. The maximum absolute atomic E-state index is 12.7. The minimum Gasteiger partial charge on any atom is -0.353 e. The molecule has 2 amide bonds. The van der Waals surface area contributed by atoms with Gasteiger partial charge in [-0.25, -0.2) is 0 Å². The smallest absolute Gasteiger partial charge is 0.251 e. The summed E-state index contributed by atoms with van der Waals surface area (Å²) in [5, 5.41) is 9.15. The molecule has 206 valence electrons. The third-order valence-electron chi connectivity index (χ3n) is 7.40. The van der Waals surface area contributed by atoms with Gasteiger partial charge in [0.15, 0.2) is 0 Å². The van der Waals surface area contributed by atoms with Gasteiger partial charge in [-0.15, -0.1) is 0 Å². The number of benzene rings is 3. The summed E-state index contributed by atoms with van der Waals surface area (Å²) in [7, 11) is 0. The van der Waals surface area contributed by atoms with Crippen molar-refractivity contribution in [1.82, 2.24) is 15.5 Å². The van der Waals surface area contributed by atoms with Crippen LogP contribution in [0.25, 0.3) is 16.8 Å². The predicted octanol–water partition coefficient (Wildman–Crippen LogP) is 6.98. The number of hydrogen-bond acceptors (Lipinski definition) is 3. The molecular weight excluding hydrogens is 529 g/mol. The lowest BCUT2D eigenvalue weighted by molar-refractivity contribution is -0.116. The van der Waals surface area contributed by atoms with Crippen molar-refractivity contribution in [2.75, 3.05) is 32.7 Å². The Hall–Kier alpha value is -2.86. The zero-order valence-corrected chi connectivity index (χ0v) is 23.8. The Morgan fingerprint density at radius 3 is 2.49 bits per heavy atom. The Balaban J connectivity index is 1.04. The quantitative estimate of drug-likeness (QED) is 0.184. The first-order valence-corrected chi connectivity index (χ1v) is 14.6. The molecule has 1 fully saturated rings. The maximum atomic E-state index is 12.7. The van der Waals surface area contributed by atoms with Gasteiger partial charge in [0, 0.05) is 24.7 Å². The Bertz CT molecular complexity index is 1280. The molecule has 0 aliphatic carbocycles. The number of nitrogens with one attached hydrogen (secondary N) is 2. The van der Waals surface area contributed by atoms with Crippen LogP contribution in [0.5, 0.6) is 0 Å². The van der Waals surface area contributed by atoms with Crippen molar-refractivity contribution in [2.24, 2.45) is 5.92 Å². The van der Waals surface area contributed by atoms with E-state index in [-0.39, 0.29) is 11.8 Å². The van der Waals surface area contributed by atoms with Crippen molar-refractivity contribution in [1.29, 1.82) is 0 Å². The van der Waals surface area contributed by atoms with Crippen LogP contribution in [0.1, 0.15) is 54.4 Å². The van der Waals surface area contributed by atoms with Gasteiger partial charge in [-0.05, 0) is 98.3 Å². The van der Waals surface area contributed by atoms with Gasteiger partial charge in [0.2, 0.25) is 5.91 Å². The fraction of sp³-hybridized carbons (Fsp3) is 0.375. The second-order valence-electron chi connectivity index (χ2n) is 10.2. The van der Waals surface area contributed by atoms with Gasteiger partial charge in [0.1, 0.15) is 0 Å². The molecule has 0 saturated carbocycles. The number of piperidine rings is 1. The molecule has 39 heavy (non-hydrogen) atoms. The molecule has 0 atom stereocenters. The number of likely N-dealkylation sites (tertiary alicyclic amines) is 1. The standard InChI is InChI=1S/C32H37Cl2N3O2/c33-29-13-11-25(23-30(29)34)12-14-31(38)35-18-4-1-5-20-37-21-16-24(17-22-37)15-19-36-32(39)28-10-6-8-26-7-2-3-9-27(26)28/h2-3,6-14,23-24H,1,4-5,15-22H2,(H,35,38)(H,36,39)/b14-12+. The summed E-state index contributed by atoms with van der Waals surface area (Å²) in [4.78, 5) is 27.3. The molecule has 0 unspecified atom stereocenters. The van der Waals surface area contributed by atoms with E-state index in [0.717, 1.165) is 73.8 Å². The highest BCUT2D eigenvalue weighted by molar-refractivity contribution is 6.42. The molecule has 0 bridgehead atoms. The number of rotatable bonds is 12. The van der Waals surface area contributed by atoms with Crippen LogP contribution in [0.3, 0.4) is 0 Å². The highest BCUT2D eigenvalue weighted by Crippen LogP contribution is 2.23. The highest BCUT2D eigenvalue weighted by Gasteiger charge is 2.19. The van der Waals surface area contributed by atoms with Gasteiger partial charge in [-0.1, -0.05) is 72.1 Å². The Kier molecular flexibility index (Phi) is 11.3. The van der Waals surface area contributed by atoms with E-state index < -0.39 is 0 Å². The molecule has 0 spiro atoms. The lowest BCUT2D eigenvalue weighted by Crippen LogP contribution is -2.35. The molecule has 3 aromatic carbocycles. The van der Waals surface area contributed by atoms with Crippen molar-refractivity contribution in [3.8, 4) is 0 Å². The first-order chi connectivity index (χ1) is 19.0.